The highest BCUT2D eigenvalue weighted by Crippen LogP contribution is 2.38. The molecule has 2 rings (SSSR count). The molecule has 1 aliphatic carbocycles. The van der Waals surface area contributed by atoms with E-state index in [0.717, 1.165) is 17.1 Å². The van der Waals surface area contributed by atoms with Gasteiger partial charge in [0.2, 0.25) is 0 Å². The van der Waals surface area contributed by atoms with E-state index in [1.54, 1.807) is 0 Å². The van der Waals surface area contributed by atoms with E-state index in [0.29, 0.717) is 6.61 Å². The Morgan fingerprint density at radius 3 is 2.75 bits per heavy atom. The van der Waals surface area contributed by atoms with Crippen molar-refractivity contribution in [3.05, 3.63) is 18.2 Å². The van der Waals surface area contributed by atoms with Gasteiger partial charge in [-0.25, -0.2) is 0 Å². The standard InChI is InChI=1S/C13H20N2O/c1-3-16-11-7-4-6-10(12(11)14)15-13(2)8-5-9-13/h4,6-7,15H,3,5,8-9,14H2,1-2H3. The SMILES string of the molecule is CCOc1cccc(NC2(C)CCC2)c1N. The van der Waals surface area contributed by atoms with Crippen LogP contribution in [0, 0.1) is 0 Å². The molecule has 1 aromatic rings. The summed E-state index contributed by atoms with van der Waals surface area (Å²) in [6.45, 7) is 4.85. The number of hydrogen-bond donors (Lipinski definition) is 2. The van der Waals surface area contributed by atoms with Crippen molar-refractivity contribution in [3.8, 4) is 5.75 Å². The van der Waals surface area contributed by atoms with Gasteiger partial charge in [0.25, 0.3) is 0 Å². The maximum atomic E-state index is 6.07. The van der Waals surface area contributed by atoms with E-state index < -0.39 is 0 Å². The fraction of sp³-hybridized carbons (Fsp3) is 0.538. The minimum Gasteiger partial charge on any atom is -0.492 e. The minimum atomic E-state index is 0.221. The number of benzene rings is 1. The van der Waals surface area contributed by atoms with Crippen LogP contribution in [0.15, 0.2) is 18.2 Å². The number of ether oxygens (including phenoxy) is 1. The fourth-order valence-corrected chi connectivity index (χ4v) is 2.09. The van der Waals surface area contributed by atoms with Crippen LogP contribution in [0.3, 0.4) is 0 Å². The number of hydrogen-bond acceptors (Lipinski definition) is 3. The molecule has 0 spiro atoms. The highest BCUT2D eigenvalue weighted by atomic mass is 16.5. The average molecular weight is 220 g/mol. The monoisotopic (exact) mass is 220 g/mol. The minimum absolute atomic E-state index is 0.221. The van der Waals surface area contributed by atoms with Gasteiger partial charge in [0.1, 0.15) is 5.75 Å². The molecule has 0 saturated heterocycles. The third kappa shape index (κ3) is 2.08. The Labute approximate surface area is 97.0 Å². The molecule has 0 amide bonds. The van der Waals surface area contributed by atoms with Crippen molar-refractivity contribution in [1.82, 2.24) is 0 Å². The summed E-state index contributed by atoms with van der Waals surface area (Å²) in [4.78, 5) is 0. The first kappa shape index (κ1) is 11.1. The maximum absolute atomic E-state index is 6.07. The molecule has 0 unspecified atom stereocenters. The zero-order valence-corrected chi connectivity index (χ0v) is 10.0. The zero-order valence-electron chi connectivity index (χ0n) is 10.0. The van der Waals surface area contributed by atoms with E-state index in [2.05, 4.69) is 12.2 Å². The van der Waals surface area contributed by atoms with Crippen molar-refractivity contribution in [2.24, 2.45) is 0 Å². The van der Waals surface area contributed by atoms with Gasteiger partial charge in [0, 0.05) is 5.54 Å². The van der Waals surface area contributed by atoms with Crippen LogP contribution in [0.1, 0.15) is 33.1 Å². The Morgan fingerprint density at radius 1 is 1.44 bits per heavy atom. The lowest BCUT2D eigenvalue weighted by molar-refractivity contribution is 0.306. The van der Waals surface area contributed by atoms with Crippen molar-refractivity contribution in [2.45, 2.75) is 38.6 Å². The highest BCUT2D eigenvalue weighted by molar-refractivity contribution is 5.73. The van der Waals surface area contributed by atoms with Crippen molar-refractivity contribution >= 4 is 11.4 Å². The lowest BCUT2D eigenvalue weighted by Gasteiger charge is -2.40. The summed E-state index contributed by atoms with van der Waals surface area (Å²) >= 11 is 0. The van der Waals surface area contributed by atoms with Crippen molar-refractivity contribution < 1.29 is 4.74 Å². The smallest absolute Gasteiger partial charge is 0.144 e. The second kappa shape index (κ2) is 4.24. The summed E-state index contributed by atoms with van der Waals surface area (Å²) in [5.41, 5.74) is 8.00. The van der Waals surface area contributed by atoms with Crippen LogP contribution in [0.25, 0.3) is 0 Å². The summed E-state index contributed by atoms with van der Waals surface area (Å²) in [7, 11) is 0. The topological polar surface area (TPSA) is 47.3 Å². The molecule has 16 heavy (non-hydrogen) atoms. The molecule has 3 heteroatoms. The first-order valence-electron chi connectivity index (χ1n) is 5.94. The van der Waals surface area contributed by atoms with Crippen LogP contribution >= 0.6 is 0 Å². The first-order valence-corrected chi connectivity index (χ1v) is 5.94. The molecule has 3 N–H and O–H groups in total. The van der Waals surface area contributed by atoms with Gasteiger partial charge < -0.3 is 15.8 Å². The number of nitrogen functional groups attached to an aromatic ring is 1. The lowest BCUT2D eigenvalue weighted by atomic mass is 9.78. The molecule has 0 atom stereocenters. The van der Waals surface area contributed by atoms with Crippen LogP contribution in [0.2, 0.25) is 0 Å². The molecular weight excluding hydrogens is 200 g/mol. The number of rotatable bonds is 4. The van der Waals surface area contributed by atoms with Gasteiger partial charge in [-0.3, -0.25) is 0 Å². The van der Waals surface area contributed by atoms with Crippen LogP contribution < -0.4 is 15.8 Å². The molecule has 0 aliphatic heterocycles. The van der Waals surface area contributed by atoms with Gasteiger partial charge in [0.05, 0.1) is 18.0 Å². The molecule has 1 fully saturated rings. The molecule has 0 radical (unpaired) electrons. The summed E-state index contributed by atoms with van der Waals surface area (Å²) in [5.74, 6) is 0.774. The normalized spacial score (nSPS) is 17.6. The molecule has 3 nitrogen and oxygen atoms in total. The van der Waals surface area contributed by atoms with Gasteiger partial charge in [-0.2, -0.15) is 0 Å². The van der Waals surface area contributed by atoms with Crippen LogP contribution in [-0.4, -0.2) is 12.1 Å². The summed E-state index contributed by atoms with van der Waals surface area (Å²) < 4.78 is 5.48. The van der Waals surface area contributed by atoms with E-state index in [9.17, 15) is 0 Å². The number of nitrogens with one attached hydrogen (secondary N) is 1. The predicted molar refractivity (Wildman–Crippen MR) is 67.9 cm³/mol. The van der Waals surface area contributed by atoms with Gasteiger partial charge in [0.15, 0.2) is 0 Å². The van der Waals surface area contributed by atoms with Crippen molar-refractivity contribution in [2.75, 3.05) is 17.7 Å². The van der Waals surface area contributed by atoms with Crippen LogP contribution in [0.4, 0.5) is 11.4 Å². The highest BCUT2D eigenvalue weighted by Gasteiger charge is 2.31. The second-order valence-corrected chi connectivity index (χ2v) is 4.69. The summed E-state index contributed by atoms with van der Waals surface area (Å²) in [6.07, 6.45) is 3.73. The molecule has 0 heterocycles. The fourth-order valence-electron chi connectivity index (χ4n) is 2.09. The Hall–Kier alpha value is -1.38. The summed E-state index contributed by atoms with van der Waals surface area (Å²) in [6, 6.07) is 5.90. The third-order valence-corrected chi connectivity index (χ3v) is 3.26. The molecule has 88 valence electrons. The van der Waals surface area contributed by atoms with E-state index >= 15 is 0 Å². The maximum Gasteiger partial charge on any atom is 0.144 e. The van der Waals surface area contributed by atoms with Gasteiger partial charge >= 0.3 is 0 Å². The Bertz CT molecular complexity index is 372. The van der Waals surface area contributed by atoms with Crippen molar-refractivity contribution in [3.63, 3.8) is 0 Å². The lowest BCUT2D eigenvalue weighted by Crippen LogP contribution is -2.41. The average Bonchev–Trinajstić information content (AvgIpc) is 2.22. The van der Waals surface area contributed by atoms with Gasteiger partial charge in [-0.05, 0) is 45.2 Å². The molecule has 0 aromatic heterocycles. The summed E-state index contributed by atoms with van der Waals surface area (Å²) in [5, 5.41) is 3.52. The molecule has 1 aliphatic rings. The Balaban J connectivity index is 2.17. The third-order valence-electron chi connectivity index (χ3n) is 3.26. The molecular formula is C13H20N2O. The van der Waals surface area contributed by atoms with E-state index in [4.69, 9.17) is 10.5 Å². The second-order valence-electron chi connectivity index (χ2n) is 4.69. The van der Waals surface area contributed by atoms with Gasteiger partial charge in [-0.15, -0.1) is 0 Å². The van der Waals surface area contributed by atoms with Crippen molar-refractivity contribution in [1.29, 1.82) is 0 Å². The number of para-hydroxylation sites is 1. The quantitative estimate of drug-likeness (QED) is 0.767. The zero-order chi connectivity index (χ0) is 11.6. The molecule has 0 bridgehead atoms. The largest absolute Gasteiger partial charge is 0.492 e. The first-order chi connectivity index (χ1) is 7.64. The van der Waals surface area contributed by atoms with Crippen LogP contribution in [-0.2, 0) is 0 Å². The van der Waals surface area contributed by atoms with E-state index in [-0.39, 0.29) is 5.54 Å². The number of anilines is 2. The van der Waals surface area contributed by atoms with Gasteiger partial charge in [-0.1, -0.05) is 6.07 Å². The van der Waals surface area contributed by atoms with E-state index in [1.165, 1.54) is 19.3 Å². The Morgan fingerprint density at radius 2 is 2.19 bits per heavy atom. The van der Waals surface area contributed by atoms with E-state index in [1.807, 2.05) is 25.1 Å². The molecule has 1 aromatic carbocycles. The van der Waals surface area contributed by atoms with Crippen LogP contribution in [0.5, 0.6) is 5.75 Å². The Kier molecular flexibility index (Phi) is 2.95. The molecule has 1 saturated carbocycles. The predicted octanol–water partition coefficient (Wildman–Crippen LogP) is 3.02. The number of nitrogens with two attached hydrogens (primary N) is 1.